The third-order valence-electron chi connectivity index (χ3n) is 9.84. The fourth-order valence-electron chi connectivity index (χ4n) is 6.96. The van der Waals surface area contributed by atoms with Crippen molar-refractivity contribution in [3.05, 3.63) is 82.1 Å². The summed E-state index contributed by atoms with van der Waals surface area (Å²) in [6, 6.07) is 16.8. The first-order valence-electron chi connectivity index (χ1n) is 17.0. The number of nitrogens with one attached hydrogen (secondary N) is 5. The van der Waals surface area contributed by atoms with Crippen molar-refractivity contribution in [2.45, 2.75) is 62.8 Å². The smallest absolute Gasteiger partial charge is 0.404 e. The second kappa shape index (κ2) is 14.9. The Morgan fingerprint density at radius 2 is 1.66 bits per heavy atom. The van der Waals surface area contributed by atoms with E-state index < -0.39 is 28.1 Å². The van der Waals surface area contributed by atoms with Crippen LogP contribution >= 0.6 is 0 Å². The Balaban J connectivity index is 1.17. The topological polar surface area (TPSA) is 194 Å². The van der Waals surface area contributed by atoms with Crippen LogP contribution in [-0.4, -0.2) is 71.6 Å². The van der Waals surface area contributed by atoms with Crippen LogP contribution in [0.4, 0.5) is 10.5 Å². The number of aromatic nitrogens is 2. The van der Waals surface area contributed by atoms with Gasteiger partial charge in [0, 0.05) is 37.7 Å². The number of hydrogen-bond acceptors (Lipinski definition) is 6. The van der Waals surface area contributed by atoms with E-state index >= 15 is 0 Å². The monoisotopic (exact) mass is 702 g/mol. The average molecular weight is 703 g/mol. The highest BCUT2D eigenvalue weighted by Crippen LogP contribution is 2.30. The zero-order chi connectivity index (χ0) is 35.4. The minimum absolute atomic E-state index is 0.164. The van der Waals surface area contributed by atoms with Crippen molar-refractivity contribution in [2.24, 2.45) is 11.8 Å². The SMILES string of the molecule is Cc1cc(S(=O)(=O)N2CCCC2)ccc1-c1ccc(C[C@H](NC(=O)[C@H]2CC[C@H](CNC(=O)O)CC2)C(=O)Nc2ccc3c(=O)[nH][nH]c3c2)cc1. The molecule has 4 aromatic rings. The van der Waals surface area contributed by atoms with Gasteiger partial charge in [-0.1, -0.05) is 30.3 Å². The number of carbonyl (C=O) groups excluding carboxylic acids is 2. The Kier molecular flexibility index (Phi) is 10.4. The molecule has 0 radical (unpaired) electrons. The maximum atomic E-state index is 13.7. The molecule has 1 aromatic heterocycles. The van der Waals surface area contributed by atoms with Crippen molar-refractivity contribution in [3.63, 3.8) is 0 Å². The number of anilines is 1. The summed E-state index contributed by atoms with van der Waals surface area (Å²) in [6.45, 7) is 3.32. The van der Waals surface area contributed by atoms with E-state index in [2.05, 4.69) is 26.1 Å². The van der Waals surface area contributed by atoms with E-state index in [4.69, 9.17) is 5.11 Å². The summed E-state index contributed by atoms with van der Waals surface area (Å²) >= 11 is 0. The fourth-order valence-corrected chi connectivity index (χ4v) is 8.56. The van der Waals surface area contributed by atoms with E-state index in [1.807, 2.05) is 37.3 Å². The molecule has 2 aliphatic rings. The van der Waals surface area contributed by atoms with Gasteiger partial charge in [-0.15, -0.1) is 0 Å². The van der Waals surface area contributed by atoms with Crippen LogP contribution in [0.1, 0.15) is 49.7 Å². The number of rotatable bonds is 11. The molecule has 1 saturated heterocycles. The summed E-state index contributed by atoms with van der Waals surface area (Å²) in [7, 11) is -3.53. The molecular weight excluding hydrogens is 660 g/mol. The van der Waals surface area contributed by atoms with Gasteiger partial charge in [0.25, 0.3) is 5.56 Å². The van der Waals surface area contributed by atoms with Crippen LogP contribution in [0.25, 0.3) is 22.0 Å². The van der Waals surface area contributed by atoms with Crippen molar-refractivity contribution in [3.8, 4) is 11.1 Å². The molecule has 0 bridgehead atoms. The number of hydrogen-bond donors (Lipinski definition) is 6. The minimum Gasteiger partial charge on any atom is -0.465 e. The van der Waals surface area contributed by atoms with Crippen molar-refractivity contribution >= 4 is 44.5 Å². The number of benzene rings is 3. The zero-order valence-electron chi connectivity index (χ0n) is 27.8. The summed E-state index contributed by atoms with van der Waals surface area (Å²) < 4.78 is 27.7. The predicted octanol–water partition coefficient (Wildman–Crippen LogP) is 4.36. The second-order valence-corrected chi connectivity index (χ2v) is 15.2. The molecule has 0 spiro atoms. The van der Waals surface area contributed by atoms with Gasteiger partial charge in [0.05, 0.1) is 15.8 Å². The molecule has 2 heterocycles. The molecule has 50 heavy (non-hydrogen) atoms. The molecule has 13 nitrogen and oxygen atoms in total. The number of fused-ring (bicyclic) bond motifs is 1. The number of carboxylic acid groups (broad SMARTS) is 1. The highest BCUT2D eigenvalue weighted by Gasteiger charge is 2.30. The van der Waals surface area contributed by atoms with E-state index in [9.17, 15) is 27.6 Å². The van der Waals surface area contributed by atoms with Crippen molar-refractivity contribution in [2.75, 3.05) is 25.0 Å². The quantitative estimate of drug-likeness (QED) is 0.134. The summed E-state index contributed by atoms with van der Waals surface area (Å²) in [5, 5.41) is 23.0. The first-order valence-corrected chi connectivity index (χ1v) is 18.4. The van der Waals surface area contributed by atoms with Gasteiger partial charge in [0.2, 0.25) is 21.8 Å². The molecule has 1 aliphatic carbocycles. The number of amides is 3. The molecule has 1 saturated carbocycles. The first-order chi connectivity index (χ1) is 24.0. The molecule has 6 rings (SSSR count). The van der Waals surface area contributed by atoms with Crippen molar-refractivity contribution < 1.29 is 27.9 Å². The van der Waals surface area contributed by atoms with E-state index in [0.29, 0.717) is 61.9 Å². The summed E-state index contributed by atoms with van der Waals surface area (Å²) in [5.74, 6) is -0.770. The number of nitrogens with zero attached hydrogens (tertiary/aromatic N) is 1. The maximum Gasteiger partial charge on any atom is 0.404 e. The maximum absolute atomic E-state index is 13.7. The molecule has 1 atom stereocenters. The lowest BCUT2D eigenvalue weighted by Gasteiger charge is -2.29. The van der Waals surface area contributed by atoms with Crippen LogP contribution in [0.15, 0.2) is 70.4 Å². The van der Waals surface area contributed by atoms with Crippen LogP contribution in [0.3, 0.4) is 0 Å². The van der Waals surface area contributed by atoms with Gasteiger partial charge in [-0.25, -0.2) is 13.2 Å². The second-order valence-electron chi connectivity index (χ2n) is 13.3. The third-order valence-corrected chi connectivity index (χ3v) is 11.7. The number of aryl methyl sites for hydroxylation is 1. The Hall–Kier alpha value is -4.95. The van der Waals surface area contributed by atoms with E-state index in [1.54, 1.807) is 30.3 Å². The molecule has 3 amide bonds. The molecule has 264 valence electrons. The minimum atomic E-state index is -3.53. The Morgan fingerprint density at radius 1 is 0.940 bits per heavy atom. The first kappa shape index (κ1) is 34.9. The van der Waals surface area contributed by atoms with Crippen molar-refractivity contribution in [1.29, 1.82) is 0 Å². The van der Waals surface area contributed by atoms with E-state index in [0.717, 1.165) is 35.1 Å². The van der Waals surface area contributed by atoms with Gasteiger partial charge >= 0.3 is 6.09 Å². The third kappa shape index (κ3) is 7.92. The normalized spacial score (nSPS) is 18.8. The van der Waals surface area contributed by atoms with Crippen LogP contribution < -0.4 is 21.5 Å². The lowest BCUT2D eigenvalue weighted by atomic mass is 9.81. The van der Waals surface area contributed by atoms with Crippen LogP contribution in [-0.2, 0) is 26.0 Å². The van der Waals surface area contributed by atoms with Crippen LogP contribution in [0.5, 0.6) is 0 Å². The van der Waals surface area contributed by atoms with Crippen LogP contribution in [0.2, 0.25) is 0 Å². The standard InChI is InChI=1S/C36H42N6O7S/c1-22-18-28(50(48,49)42-16-2-3-17-42)13-15-29(22)25-8-4-23(5-9-25)19-32(35(45)38-27-12-14-30-31(20-27)40-41-34(30)44)39-33(43)26-10-6-24(7-11-26)21-37-36(46)47/h4-5,8-9,12-15,18,20,24,26,32,37H,2-3,6-7,10-11,16-17,19,21H2,1H3,(H,38,45)(H,39,43)(H,46,47)(H2,40,41,44)/t24-,26-,32-/m0/s1. The van der Waals surface area contributed by atoms with Gasteiger partial charge < -0.3 is 21.1 Å². The lowest BCUT2D eigenvalue weighted by Crippen LogP contribution is -2.48. The molecule has 6 N–H and O–H groups in total. The van der Waals surface area contributed by atoms with Gasteiger partial charge in [0.15, 0.2) is 0 Å². The zero-order valence-corrected chi connectivity index (χ0v) is 28.6. The summed E-state index contributed by atoms with van der Waals surface area (Å²) in [5.41, 5.74) is 4.17. The highest BCUT2D eigenvalue weighted by molar-refractivity contribution is 7.89. The molecule has 2 fully saturated rings. The van der Waals surface area contributed by atoms with E-state index in [1.165, 1.54) is 4.31 Å². The molecule has 14 heteroatoms. The van der Waals surface area contributed by atoms with Gasteiger partial charge in [-0.05, 0) is 104 Å². The lowest BCUT2D eigenvalue weighted by molar-refractivity contribution is -0.130. The Morgan fingerprint density at radius 3 is 2.34 bits per heavy atom. The average Bonchev–Trinajstić information content (AvgIpc) is 3.78. The predicted molar refractivity (Wildman–Crippen MR) is 189 cm³/mol. The Labute approximate surface area is 289 Å². The van der Waals surface area contributed by atoms with Crippen LogP contribution in [0, 0.1) is 18.8 Å². The highest BCUT2D eigenvalue weighted by atomic mass is 32.2. The van der Waals surface area contributed by atoms with Crippen molar-refractivity contribution in [1.82, 2.24) is 25.1 Å². The van der Waals surface area contributed by atoms with Gasteiger partial charge in [-0.2, -0.15) is 4.31 Å². The number of aromatic amines is 2. The molecule has 3 aromatic carbocycles. The molecular formula is C36H42N6O7S. The Bertz CT molecular complexity index is 2040. The van der Waals surface area contributed by atoms with E-state index in [-0.39, 0.29) is 34.6 Å². The summed E-state index contributed by atoms with van der Waals surface area (Å²) in [4.78, 5) is 50.3. The largest absolute Gasteiger partial charge is 0.465 e. The van der Waals surface area contributed by atoms with Gasteiger partial charge in [0.1, 0.15) is 6.04 Å². The number of carbonyl (C=O) groups is 3. The number of H-pyrrole nitrogens is 2. The molecule has 0 unspecified atom stereocenters. The summed E-state index contributed by atoms with van der Waals surface area (Å²) in [6.07, 6.45) is 3.48. The molecule has 1 aliphatic heterocycles. The van der Waals surface area contributed by atoms with Gasteiger partial charge in [-0.3, -0.25) is 24.6 Å². The fraction of sp³-hybridized carbons (Fsp3) is 0.389. The number of sulfonamides is 1.